The molecule has 5 atom stereocenters. The zero-order valence-corrected chi connectivity index (χ0v) is 12.4. The van der Waals surface area contributed by atoms with E-state index in [1.807, 2.05) is 0 Å². The highest BCUT2D eigenvalue weighted by atomic mass is 32.2. The fraction of sp³-hybridized carbons (Fsp3) is 0.909. The normalized spacial score (nSPS) is 32.7. The standard InChI is InChI=1S/C11H12F6O6S/c12-9(24-23-22-20,10(13,14)11(15,16)17)8(19)21-7-5-2-1-4(3-5)6(7)18/h4-7,18,20H,1-3H2/p-1. The number of alkyl halides is 6. The second-order valence-electron chi connectivity index (χ2n) is 5.58. The van der Waals surface area contributed by atoms with Crippen LogP contribution in [0.3, 0.4) is 0 Å². The zero-order valence-electron chi connectivity index (χ0n) is 11.6. The van der Waals surface area contributed by atoms with Crippen LogP contribution in [0.25, 0.3) is 0 Å². The molecule has 6 nitrogen and oxygen atoms in total. The van der Waals surface area contributed by atoms with E-state index in [1.165, 1.54) is 0 Å². The van der Waals surface area contributed by atoms with Crippen molar-refractivity contribution in [2.45, 2.75) is 48.6 Å². The number of carbonyl (C=O) groups is 1. The van der Waals surface area contributed by atoms with Gasteiger partial charge in [-0.25, -0.2) is 9.18 Å². The van der Waals surface area contributed by atoms with Crippen LogP contribution in [-0.4, -0.2) is 40.4 Å². The van der Waals surface area contributed by atoms with Crippen molar-refractivity contribution >= 4 is 18.0 Å². The lowest BCUT2D eigenvalue weighted by molar-refractivity contribution is -0.777. The van der Waals surface area contributed by atoms with Gasteiger partial charge in [-0.05, 0) is 31.1 Å². The molecule has 2 aliphatic carbocycles. The van der Waals surface area contributed by atoms with Gasteiger partial charge in [-0.15, -0.1) is 0 Å². The number of esters is 1. The second kappa shape index (κ2) is 6.52. The molecule has 0 radical (unpaired) electrons. The Hall–Kier alpha value is -0.760. The van der Waals surface area contributed by atoms with E-state index in [1.54, 1.807) is 0 Å². The Bertz CT molecular complexity index is 488. The highest BCUT2D eigenvalue weighted by Crippen LogP contribution is 2.53. The Morgan fingerprint density at radius 1 is 1.12 bits per heavy atom. The van der Waals surface area contributed by atoms with Gasteiger partial charge in [0, 0.05) is 0 Å². The van der Waals surface area contributed by atoms with Crippen LogP contribution < -0.4 is 5.26 Å². The quantitative estimate of drug-likeness (QED) is 0.243. The summed E-state index contributed by atoms with van der Waals surface area (Å²) in [6.45, 7) is 0. The van der Waals surface area contributed by atoms with Crippen LogP contribution in [0.15, 0.2) is 0 Å². The number of rotatable bonds is 6. The summed E-state index contributed by atoms with van der Waals surface area (Å²) < 4.78 is 85.9. The summed E-state index contributed by atoms with van der Waals surface area (Å²) in [6.07, 6.45) is -7.79. The summed E-state index contributed by atoms with van der Waals surface area (Å²) >= 11 is -1.46. The van der Waals surface area contributed by atoms with E-state index >= 15 is 0 Å². The number of aliphatic hydroxyl groups excluding tert-OH is 1. The summed E-state index contributed by atoms with van der Waals surface area (Å²) in [4.78, 5) is 11.7. The van der Waals surface area contributed by atoms with Gasteiger partial charge in [0.25, 0.3) is 0 Å². The van der Waals surface area contributed by atoms with Crippen molar-refractivity contribution in [1.29, 1.82) is 0 Å². The van der Waals surface area contributed by atoms with Gasteiger partial charge in [0.15, 0.2) is 0 Å². The fourth-order valence-electron chi connectivity index (χ4n) is 3.03. The molecule has 0 aromatic heterocycles. The molecular weight excluding hydrogens is 374 g/mol. The topological polar surface area (TPSA) is 88.1 Å². The lowest BCUT2D eigenvalue weighted by Gasteiger charge is -2.34. The third-order valence-electron chi connectivity index (χ3n) is 4.24. The third kappa shape index (κ3) is 3.07. The summed E-state index contributed by atoms with van der Waals surface area (Å²) in [5, 5.41) is 16.9. The number of hydrogen-bond donors (Lipinski definition) is 1. The van der Waals surface area contributed by atoms with Crippen molar-refractivity contribution in [2.24, 2.45) is 11.8 Å². The molecule has 24 heavy (non-hydrogen) atoms. The molecule has 2 rings (SSSR count). The Kier molecular flexibility index (Phi) is 5.31. The molecule has 2 fully saturated rings. The summed E-state index contributed by atoms with van der Waals surface area (Å²) in [7, 11) is 0. The van der Waals surface area contributed by atoms with Crippen molar-refractivity contribution < 1.29 is 55.6 Å². The van der Waals surface area contributed by atoms with Gasteiger partial charge < -0.3 is 15.1 Å². The average Bonchev–Trinajstić information content (AvgIpc) is 3.06. The van der Waals surface area contributed by atoms with E-state index in [9.17, 15) is 41.5 Å². The summed E-state index contributed by atoms with van der Waals surface area (Å²) in [5.41, 5.74) is 0. The number of hydrogen-bond acceptors (Lipinski definition) is 7. The number of fused-ring (bicyclic) bond motifs is 2. The maximum atomic E-state index is 14.3. The van der Waals surface area contributed by atoms with E-state index in [2.05, 4.69) is 14.1 Å². The van der Waals surface area contributed by atoms with Gasteiger partial charge in [0.1, 0.15) is 6.10 Å². The van der Waals surface area contributed by atoms with E-state index in [0.29, 0.717) is 19.3 Å². The maximum Gasteiger partial charge on any atom is 0.458 e. The predicted molar refractivity (Wildman–Crippen MR) is 61.3 cm³/mol. The molecule has 0 heterocycles. The smallest absolute Gasteiger partial charge is 0.458 e. The Labute approximate surface area is 135 Å². The molecule has 2 bridgehead atoms. The molecule has 0 aliphatic heterocycles. The fourth-order valence-corrected chi connectivity index (χ4v) is 3.49. The Balaban J connectivity index is 2.22. The van der Waals surface area contributed by atoms with Crippen molar-refractivity contribution in [3.8, 4) is 0 Å². The Morgan fingerprint density at radius 2 is 1.71 bits per heavy atom. The van der Waals surface area contributed by atoms with Crippen LogP contribution in [-0.2, 0) is 18.9 Å². The number of aliphatic hydroxyl groups is 1. The molecular formula is C11H11F6O6S-. The Morgan fingerprint density at radius 3 is 2.17 bits per heavy atom. The van der Waals surface area contributed by atoms with Crippen LogP contribution in [0.1, 0.15) is 19.3 Å². The van der Waals surface area contributed by atoms with Crippen LogP contribution >= 0.6 is 12.0 Å². The lowest BCUT2D eigenvalue weighted by Crippen LogP contribution is -2.58. The summed E-state index contributed by atoms with van der Waals surface area (Å²) in [6, 6.07) is 0. The SMILES string of the molecule is O=C(OC1C2CCC(C2)C1O)C(F)(SOO[O-])C(F)(F)C(F)(F)F. The first kappa shape index (κ1) is 19.6. The molecule has 2 aliphatic rings. The zero-order chi connectivity index (χ0) is 18.3. The summed E-state index contributed by atoms with van der Waals surface area (Å²) in [5.74, 6) is -9.65. The van der Waals surface area contributed by atoms with Crippen LogP contribution in [0.4, 0.5) is 26.3 Å². The van der Waals surface area contributed by atoms with Crippen molar-refractivity contribution in [3.63, 3.8) is 0 Å². The molecule has 2 saturated carbocycles. The van der Waals surface area contributed by atoms with Gasteiger partial charge in [0.2, 0.25) is 0 Å². The highest BCUT2D eigenvalue weighted by molar-refractivity contribution is 7.96. The first-order chi connectivity index (χ1) is 11.0. The van der Waals surface area contributed by atoms with E-state index in [-0.39, 0.29) is 5.92 Å². The largest absolute Gasteiger partial charge is 0.691 e. The molecule has 0 amide bonds. The molecule has 140 valence electrons. The first-order valence-electron chi connectivity index (χ1n) is 6.62. The second-order valence-corrected chi connectivity index (χ2v) is 6.45. The minimum atomic E-state index is -6.48. The first-order valence-corrected chi connectivity index (χ1v) is 7.36. The lowest BCUT2D eigenvalue weighted by atomic mass is 9.95. The van der Waals surface area contributed by atoms with Crippen molar-refractivity contribution in [1.82, 2.24) is 0 Å². The number of ether oxygens (including phenoxy) is 1. The van der Waals surface area contributed by atoms with Gasteiger partial charge in [0.05, 0.1) is 18.1 Å². The van der Waals surface area contributed by atoms with Crippen molar-refractivity contribution in [3.05, 3.63) is 0 Å². The molecule has 0 saturated heterocycles. The monoisotopic (exact) mass is 385 g/mol. The molecule has 5 unspecified atom stereocenters. The minimum absolute atomic E-state index is 0.307. The molecule has 0 aromatic rings. The number of carbonyl (C=O) groups excluding carboxylic acids is 1. The van der Waals surface area contributed by atoms with Crippen molar-refractivity contribution in [2.75, 3.05) is 0 Å². The van der Waals surface area contributed by atoms with E-state index in [0.717, 1.165) is 0 Å². The molecule has 0 aromatic carbocycles. The minimum Gasteiger partial charge on any atom is -0.691 e. The van der Waals surface area contributed by atoms with E-state index in [4.69, 9.17) is 0 Å². The van der Waals surface area contributed by atoms with E-state index < -0.39 is 53.2 Å². The average molecular weight is 385 g/mol. The van der Waals surface area contributed by atoms with Crippen LogP contribution in [0, 0.1) is 11.8 Å². The van der Waals surface area contributed by atoms with Crippen LogP contribution in [0.5, 0.6) is 0 Å². The van der Waals surface area contributed by atoms with Gasteiger partial charge >= 0.3 is 23.1 Å². The third-order valence-corrected chi connectivity index (χ3v) is 5.02. The highest BCUT2D eigenvalue weighted by Gasteiger charge is 2.77. The van der Waals surface area contributed by atoms with Gasteiger partial charge in [-0.2, -0.15) is 26.3 Å². The van der Waals surface area contributed by atoms with Gasteiger partial charge in [-0.1, -0.05) is 0 Å². The predicted octanol–water partition coefficient (Wildman–Crippen LogP) is 1.42. The maximum absolute atomic E-state index is 14.3. The number of halogens is 6. The van der Waals surface area contributed by atoms with Crippen LogP contribution in [0.2, 0.25) is 0 Å². The molecule has 0 spiro atoms. The van der Waals surface area contributed by atoms with Gasteiger partial charge in [-0.3, -0.25) is 5.04 Å². The molecule has 13 heteroatoms. The molecule has 1 N–H and O–H groups in total.